The van der Waals surface area contributed by atoms with Gasteiger partial charge in [-0.1, -0.05) is 6.08 Å². The van der Waals surface area contributed by atoms with Gasteiger partial charge in [-0.15, -0.1) is 6.58 Å². The maximum absolute atomic E-state index is 9.85. The molecule has 0 amide bonds. The van der Waals surface area contributed by atoms with E-state index in [1.54, 1.807) is 6.08 Å². The number of hydrogen-bond acceptors (Lipinski definition) is 4. The van der Waals surface area contributed by atoms with Gasteiger partial charge in [-0.2, -0.15) is 0 Å². The van der Waals surface area contributed by atoms with Gasteiger partial charge in [0, 0.05) is 6.61 Å². The second-order valence-corrected chi connectivity index (χ2v) is 2.48. The van der Waals surface area contributed by atoms with Gasteiger partial charge in [-0.05, 0) is 6.42 Å². The topological polar surface area (TPSA) is 52.6 Å². The minimum absolute atomic E-state index is 0.190. The van der Waals surface area contributed by atoms with Gasteiger partial charge in [-0.25, -0.2) is 8.42 Å². The summed E-state index contributed by atoms with van der Waals surface area (Å²) in [5.74, 6) is 0. The highest BCUT2D eigenvalue weighted by atomic mass is 32.2. The molecule has 0 aliphatic heterocycles. The van der Waals surface area contributed by atoms with Gasteiger partial charge in [0.15, 0.2) is 0 Å². The Labute approximate surface area is 68.0 Å². The summed E-state index contributed by atoms with van der Waals surface area (Å²) in [4.78, 5) is 0. The molecule has 0 unspecified atom stereocenters. The van der Waals surface area contributed by atoms with Crippen LogP contribution in [0.3, 0.4) is 0 Å². The lowest BCUT2D eigenvalue weighted by Gasteiger charge is -1.98. The van der Waals surface area contributed by atoms with E-state index < -0.39 is 11.0 Å². The van der Waals surface area contributed by atoms with Crippen molar-refractivity contribution in [3.63, 3.8) is 0 Å². The summed E-state index contributed by atoms with van der Waals surface area (Å²) >= 11 is 0. The zero-order valence-electron chi connectivity index (χ0n) is 6.19. The molecule has 0 bridgehead atoms. The highest BCUT2D eigenvalue weighted by Crippen LogP contribution is 1.84. The summed E-state index contributed by atoms with van der Waals surface area (Å²) in [6, 6.07) is 0. The van der Waals surface area contributed by atoms with Crippen LogP contribution in [-0.2, 0) is 19.9 Å². The average Bonchev–Trinajstić information content (AvgIpc) is 1.96. The number of ether oxygens (including phenoxy) is 1. The van der Waals surface area contributed by atoms with Crippen molar-refractivity contribution in [3.8, 4) is 0 Å². The van der Waals surface area contributed by atoms with Crippen LogP contribution in [0, 0.1) is 0 Å². The molecule has 0 saturated heterocycles. The fourth-order valence-corrected chi connectivity index (χ4v) is 0.745. The Bertz CT molecular complexity index is 156. The molecule has 0 atom stereocenters. The Kier molecular flexibility index (Phi) is 7.44. The molecular formula is C6H12O4S. The third-order valence-corrected chi connectivity index (χ3v) is 1.26. The van der Waals surface area contributed by atoms with E-state index >= 15 is 0 Å². The van der Waals surface area contributed by atoms with Crippen LogP contribution in [0.1, 0.15) is 6.42 Å². The van der Waals surface area contributed by atoms with Crippen LogP contribution in [0.5, 0.6) is 0 Å². The van der Waals surface area contributed by atoms with Crippen molar-refractivity contribution < 1.29 is 17.3 Å². The largest absolute Gasteiger partial charge is 0.377 e. The summed E-state index contributed by atoms with van der Waals surface area (Å²) in [6.45, 7) is 4.63. The quantitative estimate of drug-likeness (QED) is 0.343. The minimum Gasteiger partial charge on any atom is -0.377 e. The molecule has 0 aromatic heterocycles. The summed E-state index contributed by atoms with van der Waals surface area (Å²) in [6.07, 6.45) is 2.21. The van der Waals surface area contributed by atoms with Crippen LogP contribution < -0.4 is 0 Å². The molecule has 0 aromatic rings. The molecule has 11 heavy (non-hydrogen) atoms. The molecule has 4 nitrogen and oxygen atoms in total. The lowest BCUT2D eigenvalue weighted by atomic mass is 10.5. The maximum Gasteiger partial charge on any atom is 0.257 e. The monoisotopic (exact) mass is 180 g/mol. The Morgan fingerprint density at radius 2 is 2.09 bits per heavy atom. The predicted molar refractivity (Wildman–Crippen MR) is 41.9 cm³/mol. The Morgan fingerprint density at radius 3 is 2.64 bits per heavy atom. The van der Waals surface area contributed by atoms with Crippen LogP contribution >= 0.6 is 0 Å². The van der Waals surface area contributed by atoms with E-state index in [0.29, 0.717) is 19.6 Å². The van der Waals surface area contributed by atoms with Gasteiger partial charge < -0.3 is 4.74 Å². The van der Waals surface area contributed by atoms with E-state index in [1.807, 2.05) is 0 Å². The third kappa shape index (κ3) is 9.61. The van der Waals surface area contributed by atoms with Crippen molar-refractivity contribution in [2.45, 2.75) is 6.42 Å². The zero-order valence-corrected chi connectivity index (χ0v) is 7.09. The molecule has 0 aromatic carbocycles. The summed E-state index contributed by atoms with van der Waals surface area (Å²) < 4.78 is 28.9. The van der Waals surface area contributed by atoms with Gasteiger partial charge in [0.25, 0.3) is 11.0 Å². The molecular weight excluding hydrogens is 168 g/mol. The molecule has 5 heteroatoms. The highest BCUT2D eigenvalue weighted by molar-refractivity contribution is 7.67. The summed E-state index contributed by atoms with van der Waals surface area (Å²) in [5.41, 5.74) is 0. The van der Waals surface area contributed by atoms with E-state index in [9.17, 15) is 8.42 Å². The third-order valence-electron chi connectivity index (χ3n) is 0.865. The lowest BCUT2D eigenvalue weighted by molar-refractivity contribution is 0.145. The molecule has 0 heterocycles. The van der Waals surface area contributed by atoms with Crippen molar-refractivity contribution in [3.05, 3.63) is 12.7 Å². The standard InChI is InChI=1S/C6H12O4S/c1-2-4-9-5-3-6-10-11(7)8/h2,11H,1,3-6H2. The molecule has 0 aliphatic rings. The van der Waals surface area contributed by atoms with Crippen molar-refractivity contribution in [2.24, 2.45) is 0 Å². The van der Waals surface area contributed by atoms with Gasteiger partial charge in [-0.3, -0.25) is 4.18 Å². The smallest absolute Gasteiger partial charge is 0.257 e. The van der Waals surface area contributed by atoms with Crippen molar-refractivity contribution in [1.29, 1.82) is 0 Å². The lowest BCUT2D eigenvalue weighted by Crippen LogP contribution is -1.99. The molecule has 0 N–H and O–H groups in total. The van der Waals surface area contributed by atoms with E-state index in [1.165, 1.54) is 0 Å². The van der Waals surface area contributed by atoms with Crippen LogP contribution in [-0.4, -0.2) is 28.2 Å². The van der Waals surface area contributed by atoms with Gasteiger partial charge >= 0.3 is 0 Å². The fourth-order valence-electron chi connectivity index (χ4n) is 0.467. The minimum atomic E-state index is -2.70. The molecule has 0 spiro atoms. The van der Waals surface area contributed by atoms with E-state index in [-0.39, 0.29) is 6.61 Å². The second kappa shape index (κ2) is 7.71. The highest BCUT2D eigenvalue weighted by Gasteiger charge is 1.88. The first kappa shape index (κ1) is 10.6. The van der Waals surface area contributed by atoms with Crippen LogP contribution in [0.4, 0.5) is 0 Å². The first-order valence-corrected chi connectivity index (χ1v) is 4.33. The molecule has 0 aliphatic carbocycles. The SMILES string of the molecule is C=CCOCCCO[SH](=O)=O. The molecule has 0 rings (SSSR count). The van der Waals surface area contributed by atoms with E-state index in [2.05, 4.69) is 10.8 Å². The zero-order chi connectivity index (χ0) is 8.53. The average molecular weight is 180 g/mol. The number of thiol groups is 1. The molecule has 0 saturated carbocycles. The predicted octanol–water partition coefficient (Wildman–Crippen LogP) is 0.122. The van der Waals surface area contributed by atoms with Crippen molar-refractivity contribution in [2.75, 3.05) is 19.8 Å². The van der Waals surface area contributed by atoms with Crippen LogP contribution in [0.2, 0.25) is 0 Å². The van der Waals surface area contributed by atoms with E-state index in [4.69, 9.17) is 4.74 Å². The first-order valence-electron chi connectivity index (χ1n) is 3.23. The summed E-state index contributed by atoms with van der Waals surface area (Å²) in [5, 5.41) is 0. The normalized spacial score (nSPS) is 10.3. The van der Waals surface area contributed by atoms with Crippen LogP contribution in [0.15, 0.2) is 12.7 Å². The van der Waals surface area contributed by atoms with Gasteiger partial charge in [0.1, 0.15) is 0 Å². The number of hydrogen-bond donors (Lipinski definition) is 1. The van der Waals surface area contributed by atoms with Crippen molar-refractivity contribution >= 4 is 11.0 Å². The Balaban J connectivity index is 2.96. The second-order valence-electron chi connectivity index (χ2n) is 1.77. The van der Waals surface area contributed by atoms with Gasteiger partial charge in [0.2, 0.25) is 0 Å². The number of rotatable bonds is 7. The van der Waals surface area contributed by atoms with Crippen LogP contribution in [0.25, 0.3) is 0 Å². The molecule has 0 fully saturated rings. The molecule has 0 radical (unpaired) electrons. The maximum atomic E-state index is 9.85. The van der Waals surface area contributed by atoms with Crippen molar-refractivity contribution in [1.82, 2.24) is 0 Å². The molecule has 66 valence electrons. The first-order chi connectivity index (χ1) is 5.27. The van der Waals surface area contributed by atoms with E-state index in [0.717, 1.165) is 0 Å². The Morgan fingerprint density at radius 1 is 1.36 bits per heavy atom. The Hall–Kier alpha value is -0.390. The summed E-state index contributed by atoms with van der Waals surface area (Å²) in [7, 11) is -2.70. The van der Waals surface area contributed by atoms with Gasteiger partial charge in [0.05, 0.1) is 13.2 Å². The fraction of sp³-hybridized carbons (Fsp3) is 0.667.